The third-order valence-corrected chi connectivity index (χ3v) is 6.01. The molecule has 7 heteroatoms. The summed E-state index contributed by atoms with van der Waals surface area (Å²) in [6, 6.07) is 11.3. The molecule has 2 N–H and O–H groups in total. The lowest BCUT2D eigenvalue weighted by Gasteiger charge is -2.25. The Kier molecular flexibility index (Phi) is 8.91. The predicted octanol–water partition coefficient (Wildman–Crippen LogP) is 2.87. The Bertz CT molecular complexity index is 832. The number of likely N-dealkylation sites (tertiary alicyclic amines) is 1. The van der Waals surface area contributed by atoms with E-state index in [2.05, 4.69) is 71.7 Å². The second kappa shape index (κ2) is 11.9. The van der Waals surface area contributed by atoms with E-state index in [0.717, 1.165) is 44.4 Å². The zero-order chi connectivity index (χ0) is 22.1. The fourth-order valence-electron chi connectivity index (χ4n) is 4.23. The number of aromatic nitrogens is 2. The molecular formula is C24H38N6O. The van der Waals surface area contributed by atoms with E-state index in [1.54, 1.807) is 7.11 Å². The van der Waals surface area contributed by atoms with Crippen molar-refractivity contribution in [3.63, 3.8) is 0 Å². The van der Waals surface area contributed by atoms with E-state index < -0.39 is 0 Å². The predicted molar refractivity (Wildman–Crippen MR) is 126 cm³/mol. The normalized spacial score (nSPS) is 17.3. The summed E-state index contributed by atoms with van der Waals surface area (Å²) in [5.41, 5.74) is 4.78. The van der Waals surface area contributed by atoms with Gasteiger partial charge in [0.15, 0.2) is 5.96 Å². The minimum Gasteiger partial charge on any atom is -0.383 e. The first-order valence-corrected chi connectivity index (χ1v) is 11.4. The number of nitrogens with zero attached hydrogens (tertiary/aromatic N) is 4. The van der Waals surface area contributed by atoms with Crippen molar-refractivity contribution < 1.29 is 4.74 Å². The highest BCUT2D eigenvalue weighted by molar-refractivity contribution is 5.79. The van der Waals surface area contributed by atoms with Crippen LogP contribution in [0.4, 0.5) is 0 Å². The number of benzene rings is 1. The first-order valence-electron chi connectivity index (χ1n) is 11.4. The molecule has 31 heavy (non-hydrogen) atoms. The number of methoxy groups -OCH3 is 1. The Labute approximate surface area is 186 Å². The van der Waals surface area contributed by atoms with Crippen molar-refractivity contribution >= 4 is 5.96 Å². The summed E-state index contributed by atoms with van der Waals surface area (Å²) in [4.78, 5) is 7.44. The molecule has 0 aliphatic carbocycles. The number of guanidine groups is 1. The zero-order valence-electron chi connectivity index (χ0n) is 19.5. The molecule has 3 rings (SSSR count). The molecule has 2 aromatic rings. The van der Waals surface area contributed by atoms with Crippen LogP contribution in [-0.4, -0.2) is 60.0 Å². The van der Waals surface area contributed by atoms with Crippen LogP contribution < -0.4 is 10.6 Å². The van der Waals surface area contributed by atoms with Crippen molar-refractivity contribution in [3.05, 3.63) is 52.8 Å². The van der Waals surface area contributed by atoms with Crippen molar-refractivity contribution in [2.75, 3.05) is 33.4 Å². The number of hydrogen-bond acceptors (Lipinski definition) is 4. The summed E-state index contributed by atoms with van der Waals surface area (Å²) < 4.78 is 7.21. The smallest absolute Gasteiger partial charge is 0.191 e. The van der Waals surface area contributed by atoms with E-state index in [-0.39, 0.29) is 0 Å². The average Bonchev–Trinajstić information content (AvgIpc) is 3.32. The molecule has 0 saturated carbocycles. The molecule has 7 nitrogen and oxygen atoms in total. The number of rotatable bonds is 10. The highest BCUT2D eigenvalue weighted by Crippen LogP contribution is 2.19. The van der Waals surface area contributed by atoms with E-state index >= 15 is 0 Å². The molecule has 1 fully saturated rings. The molecule has 1 aromatic heterocycles. The molecule has 1 saturated heterocycles. The van der Waals surface area contributed by atoms with Crippen LogP contribution in [-0.2, 0) is 24.4 Å². The molecule has 0 amide bonds. The van der Waals surface area contributed by atoms with Crippen LogP contribution in [0.1, 0.15) is 42.3 Å². The standard InChI is InChI=1S/C24H38N6O/c1-5-25-24(27-17-23-19(2)28-30(20(23)3)14-15-31-4)26-16-22-12-9-13-29(22)18-21-10-7-6-8-11-21/h6-8,10-11,22H,5,9,12-18H2,1-4H3,(H2,25,26,27). The third-order valence-electron chi connectivity index (χ3n) is 6.01. The quantitative estimate of drug-likeness (QED) is 0.452. The fourth-order valence-corrected chi connectivity index (χ4v) is 4.23. The van der Waals surface area contributed by atoms with E-state index in [1.807, 2.05) is 4.68 Å². The van der Waals surface area contributed by atoms with Gasteiger partial charge in [-0.15, -0.1) is 0 Å². The summed E-state index contributed by atoms with van der Waals surface area (Å²) in [7, 11) is 1.72. The first-order chi connectivity index (χ1) is 15.1. The number of nitrogens with one attached hydrogen (secondary N) is 2. The number of hydrogen-bond donors (Lipinski definition) is 2. The SMILES string of the molecule is CCNC(=NCc1c(C)nn(CCOC)c1C)NCC1CCCN1Cc1ccccc1. The highest BCUT2D eigenvalue weighted by Gasteiger charge is 2.24. The topological polar surface area (TPSA) is 66.7 Å². The van der Waals surface area contributed by atoms with Crippen LogP contribution in [0.15, 0.2) is 35.3 Å². The molecule has 170 valence electrons. The molecular weight excluding hydrogens is 388 g/mol. The molecule has 2 heterocycles. The molecule has 1 atom stereocenters. The van der Waals surface area contributed by atoms with Gasteiger partial charge in [-0.1, -0.05) is 30.3 Å². The molecule has 1 aliphatic rings. The Balaban J connectivity index is 1.59. The van der Waals surface area contributed by atoms with Crippen molar-refractivity contribution in [1.29, 1.82) is 0 Å². The van der Waals surface area contributed by atoms with Gasteiger partial charge in [-0.05, 0) is 45.7 Å². The number of aryl methyl sites for hydroxylation is 1. The fraction of sp³-hybridized carbons (Fsp3) is 0.583. The van der Waals surface area contributed by atoms with Crippen LogP contribution in [0.25, 0.3) is 0 Å². The lowest BCUT2D eigenvalue weighted by Crippen LogP contribution is -2.44. The van der Waals surface area contributed by atoms with Gasteiger partial charge in [0.05, 0.1) is 25.4 Å². The Morgan fingerprint density at radius 2 is 2.03 bits per heavy atom. The van der Waals surface area contributed by atoms with E-state index in [0.29, 0.717) is 19.2 Å². The largest absolute Gasteiger partial charge is 0.383 e. The van der Waals surface area contributed by atoms with Gasteiger partial charge in [0.2, 0.25) is 0 Å². The minimum atomic E-state index is 0.532. The molecule has 0 bridgehead atoms. The third kappa shape index (κ3) is 6.55. The summed E-state index contributed by atoms with van der Waals surface area (Å²) in [6.07, 6.45) is 2.48. The van der Waals surface area contributed by atoms with Gasteiger partial charge in [0.1, 0.15) is 0 Å². The second-order valence-electron chi connectivity index (χ2n) is 8.19. The number of aliphatic imine (C=N–C) groups is 1. The molecule has 0 radical (unpaired) electrons. The van der Waals surface area contributed by atoms with Crippen molar-refractivity contribution in [3.8, 4) is 0 Å². The van der Waals surface area contributed by atoms with Gasteiger partial charge in [-0.25, -0.2) is 4.99 Å². The lowest BCUT2D eigenvalue weighted by molar-refractivity contribution is 0.182. The minimum absolute atomic E-state index is 0.532. The van der Waals surface area contributed by atoms with E-state index in [4.69, 9.17) is 9.73 Å². The molecule has 1 aromatic carbocycles. The van der Waals surface area contributed by atoms with Crippen LogP contribution >= 0.6 is 0 Å². The summed E-state index contributed by atoms with van der Waals surface area (Å²) in [5, 5.41) is 11.6. The zero-order valence-corrected chi connectivity index (χ0v) is 19.5. The van der Waals surface area contributed by atoms with E-state index in [9.17, 15) is 0 Å². The molecule has 1 aliphatic heterocycles. The highest BCUT2D eigenvalue weighted by atomic mass is 16.5. The summed E-state index contributed by atoms with van der Waals surface area (Å²) in [6.45, 7) is 12.3. The lowest BCUT2D eigenvalue weighted by atomic mass is 10.2. The van der Waals surface area contributed by atoms with Gasteiger partial charge in [-0.2, -0.15) is 5.10 Å². The van der Waals surface area contributed by atoms with E-state index in [1.165, 1.54) is 29.7 Å². The van der Waals surface area contributed by atoms with Crippen molar-refractivity contribution in [2.24, 2.45) is 4.99 Å². The average molecular weight is 427 g/mol. The van der Waals surface area contributed by atoms with Crippen molar-refractivity contribution in [1.82, 2.24) is 25.3 Å². The van der Waals surface area contributed by atoms with Crippen LogP contribution in [0.3, 0.4) is 0 Å². The monoisotopic (exact) mass is 426 g/mol. The Morgan fingerprint density at radius 1 is 1.23 bits per heavy atom. The molecule has 1 unspecified atom stereocenters. The van der Waals surface area contributed by atoms with Crippen LogP contribution in [0.5, 0.6) is 0 Å². The van der Waals surface area contributed by atoms with Gasteiger partial charge in [0, 0.05) is 44.0 Å². The van der Waals surface area contributed by atoms with Gasteiger partial charge in [0.25, 0.3) is 0 Å². The van der Waals surface area contributed by atoms with Crippen LogP contribution in [0.2, 0.25) is 0 Å². The van der Waals surface area contributed by atoms with Crippen molar-refractivity contribution in [2.45, 2.75) is 59.3 Å². The first kappa shape index (κ1) is 23.3. The second-order valence-corrected chi connectivity index (χ2v) is 8.19. The molecule has 0 spiro atoms. The summed E-state index contributed by atoms with van der Waals surface area (Å²) >= 11 is 0. The van der Waals surface area contributed by atoms with Gasteiger partial charge >= 0.3 is 0 Å². The van der Waals surface area contributed by atoms with Crippen LogP contribution in [0, 0.1) is 13.8 Å². The maximum absolute atomic E-state index is 5.19. The Morgan fingerprint density at radius 3 is 2.77 bits per heavy atom. The summed E-state index contributed by atoms with van der Waals surface area (Å²) in [5.74, 6) is 0.873. The maximum Gasteiger partial charge on any atom is 0.191 e. The Hall–Kier alpha value is -2.38. The van der Waals surface area contributed by atoms with Gasteiger partial charge in [-0.3, -0.25) is 9.58 Å². The number of ether oxygens (including phenoxy) is 1. The maximum atomic E-state index is 5.19. The van der Waals surface area contributed by atoms with Gasteiger partial charge < -0.3 is 15.4 Å².